The first-order chi connectivity index (χ1) is 7.59. The van der Waals surface area contributed by atoms with Gasteiger partial charge in [0.15, 0.2) is 0 Å². The van der Waals surface area contributed by atoms with Crippen LogP contribution in [0.3, 0.4) is 0 Å². The molecular weight excluding hydrogens is 228 g/mol. The van der Waals surface area contributed by atoms with Crippen molar-refractivity contribution in [3.63, 3.8) is 0 Å². The molecule has 0 radical (unpaired) electrons. The van der Waals surface area contributed by atoms with Gasteiger partial charge in [-0.1, -0.05) is 17.7 Å². The summed E-state index contributed by atoms with van der Waals surface area (Å²) in [5, 5.41) is 9.14. The molecule has 1 N–H and O–H groups in total. The fourth-order valence-corrected chi connectivity index (χ4v) is 1.83. The molecule has 0 saturated heterocycles. The van der Waals surface area contributed by atoms with Gasteiger partial charge >= 0.3 is 5.97 Å². The highest BCUT2D eigenvalue weighted by molar-refractivity contribution is 6.35. The first kappa shape index (κ1) is 10.7. The minimum Gasteiger partial charge on any atom is -0.478 e. The average Bonchev–Trinajstić information content (AvgIpc) is 2.54. The van der Waals surface area contributed by atoms with Gasteiger partial charge in [0, 0.05) is 13.1 Å². The number of hydrogen-bond donors (Lipinski definition) is 1. The number of aromatic nitrogens is 2. The molecule has 0 spiro atoms. The van der Waals surface area contributed by atoms with Crippen LogP contribution in [0.2, 0.25) is 5.02 Å². The van der Waals surface area contributed by atoms with Crippen LogP contribution in [-0.4, -0.2) is 20.6 Å². The summed E-state index contributed by atoms with van der Waals surface area (Å²) in [6.45, 7) is 0. The van der Waals surface area contributed by atoms with Crippen molar-refractivity contribution in [2.45, 2.75) is 0 Å². The number of carboxylic acid groups (broad SMARTS) is 1. The van der Waals surface area contributed by atoms with Crippen LogP contribution >= 0.6 is 11.6 Å². The summed E-state index contributed by atoms with van der Waals surface area (Å²) in [5.41, 5.74) is 1.55. The van der Waals surface area contributed by atoms with E-state index >= 15 is 0 Å². The molecule has 2 rings (SSSR count). The average molecular weight is 237 g/mol. The number of nitrogens with zero attached hydrogens (tertiary/aromatic N) is 2. The van der Waals surface area contributed by atoms with E-state index < -0.39 is 5.97 Å². The lowest BCUT2D eigenvalue weighted by molar-refractivity contribution is -0.131. The van der Waals surface area contributed by atoms with Gasteiger partial charge in [-0.15, -0.1) is 0 Å². The number of aryl methyl sites for hydroxylation is 1. The number of carbonyl (C=O) groups is 1. The molecule has 2 aromatic rings. The van der Waals surface area contributed by atoms with E-state index in [-0.39, 0.29) is 0 Å². The molecule has 0 aliphatic heterocycles. The molecule has 0 aliphatic carbocycles. The van der Waals surface area contributed by atoms with E-state index in [2.05, 4.69) is 4.98 Å². The number of imidazole rings is 1. The molecule has 0 fully saturated rings. The minimum absolute atomic E-state index is 0.561. The fourth-order valence-electron chi connectivity index (χ4n) is 1.53. The molecule has 1 aromatic heterocycles. The van der Waals surface area contributed by atoms with Crippen molar-refractivity contribution in [1.82, 2.24) is 9.55 Å². The zero-order chi connectivity index (χ0) is 11.7. The highest BCUT2D eigenvalue weighted by atomic mass is 35.5. The Morgan fingerprint density at radius 1 is 1.56 bits per heavy atom. The molecule has 5 heteroatoms. The van der Waals surface area contributed by atoms with Gasteiger partial charge in [0.2, 0.25) is 0 Å². The van der Waals surface area contributed by atoms with Crippen molar-refractivity contribution >= 4 is 34.7 Å². The van der Waals surface area contributed by atoms with Crippen LogP contribution in [0.1, 0.15) is 5.82 Å². The van der Waals surface area contributed by atoms with Crippen molar-refractivity contribution < 1.29 is 9.90 Å². The Balaban J connectivity index is 2.61. The summed E-state index contributed by atoms with van der Waals surface area (Å²) < 4.78 is 1.76. The van der Waals surface area contributed by atoms with Gasteiger partial charge in [-0.05, 0) is 18.2 Å². The molecule has 16 heavy (non-hydrogen) atoms. The highest BCUT2D eigenvalue weighted by Crippen LogP contribution is 2.23. The highest BCUT2D eigenvalue weighted by Gasteiger charge is 2.08. The molecule has 0 amide bonds. The van der Waals surface area contributed by atoms with Crippen molar-refractivity contribution in [2.75, 3.05) is 0 Å². The van der Waals surface area contributed by atoms with E-state index in [1.807, 2.05) is 12.1 Å². The molecule has 4 nitrogen and oxygen atoms in total. The van der Waals surface area contributed by atoms with E-state index in [9.17, 15) is 4.79 Å². The number of hydrogen-bond acceptors (Lipinski definition) is 2. The van der Waals surface area contributed by atoms with Crippen molar-refractivity contribution in [1.29, 1.82) is 0 Å². The van der Waals surface area contributed by atoms with Crippen LogP contribution in [0.25, 0.3) is 17.1 Å². The smallest absolute Gasteiger partial charge is 0.328 e. The predicted molar refractivity (Wildman–Crippen MR) is 62.4 cm³/mol. The summed E-state index contributed by atoms with van der Waals surface area (Å²) in [6, 6.07) is 5.41. The minimum atomic E-state index is -1.00. The van der Waals surface area contributed by atoms with Gasteiger partial charge in [-0.25, -0.2) is 9.78 Å². The second-order valence-electron chi connectivity index (χ2n) is 3.31. The topological polar surface area (TPSA) is 55.1 Å². The number of carboxylic acids is 1. The summed E-state index contributed by atoms with van der Waals surface area (Å²) in [7, 11) is 1.79. The molecule has 0 bridgehead atoms. The lowest BCUT2D eigenvalue weighted by Gasteiger charge is -1.98. The van der Waals surface area contributed by atoms with Gasteiger partial charge in [0.1, 0.15) is 5.82 Å². The lowest BCUT2D eigenvalue weighted by atomic mass is 10.3. The van der Waals surface area contributed by atoms with Gasteiger partial charge < -0.3 is 9.67 Å². The second kappa shape index (κ2) is 3.98. The van der Waals surface area contributed by atoms with E-state index in [1.54, 1.807) is 17.7 Å². The van der Waals surface area contributed by atoms with Crippen LogP contribution in [-0.2, 0) is 11.8 Å². The summed E-state index contributed by atoms with van der Waals surface area (Å²) in [5.74, 6) is -0.441. The number of para-hydroxylation sites is 1. The largest absolute Gasteiger partial charge is 0.478 e. The summed E-state index contributed by atoms with van der Waals surface area (Å²) >= 11 is 6.04. The quantitative estimate of drug-likeness (QED) is 0.815. The molecule has 0 unspecified atom stereocenters. The SMILES string of the molecule is Cn1c(/C=C/C(=O)O)nc2cccc(Cl)c21. The number of benzene rings is 1. The summed E-state index contributed by atoms with van der Waals surface area (Å²) in [4.78, 5) is 14.7. The number of aliphatic carboxylic acids is 1. The molecule has 1 heterocycles. The number of halogens is 1. The third-order valence-electron chi connectivity index (χ3n) is 2.25. The maximum atomic E-state index is 10.4. The maximum absolute atomic E-state index is 10.4. The van der Waals surface area contributed by atoms with Crippen LogP contribution in [0.15, 0.2) is 24.3 Å². The van der Waals surface area contributed by atoms with Gasteiger partial charge in [0.25, 0.3) is 0 Å². The first-order valence-electron chi connectivity index (χ1n) is 4.61. The maximum Gasteiger partial charge on any atom is 0.328 e. The van der Waals surface area contributed by atoms with Crippen LogP contribution < -0.4 is 0 Å². The third-order valence-corrected chi connectivity index (χ3v) is 2.56. The van der Waals surface area contributed by atoms with Gasteiger partial charge in [0.05, 0.1) is 16.1 Å². The first-order valence-corrected chi connectivity index (χ1v) is 4.99. The zero-order valence-electron chi connectivity index (χ0n) is 8.51. The molecule has 82 valence electrons. The number of fused-ring (bicyclic) bond motifs is 1. The standard InChI is InChI=1S/C11H9ClN2O2/c1-14-9(5-6-10(15)16)13-8-4-2-3-7(12)11(8)14/h2-6H,1H3,(H,15,16)/b6-5+. The van der Waals surface area contributed by atoms with Crippen LogP contribution in [0.4, 0.5) is 0 Å². The van der Waals surface area contributed by atoms with E-state index in [0.29, 0.717) is 10.8 Å². The molecular formula is C11H9ClN2O2. The Morgan fingerprint density at radius 2 is 2.31 bits per heavy atom. The van der Waals surface area contributed by atoms with E-state index in [1.165, 1.54) is 6.08 Å². The van der Waals surface area contributed by atoms with Crippen LogP contribution in [0.5, 0.6) is 0 Å². The van der Waals surface area contributed by atoms with Gasteiger partial charge in [-0.3, -0.25) is 0 Å². The lowest BCUT2D eigenvalue weighted by Crippen LogP contribution is -1.93. The fraction of sp³-hybridized carbons (Fsp3) is 0.0909. The molecule has 0 saturated carbocycles. The van der Waals surface area contributed by atoms with E-state index in [0.717, 1.165) is 17.1 Å². The predicted octanol–water partition coefficient (Wildman–Crippen LogP) is 2.32. The van der Waals surface area contributed by atoms with Gasteiger partial charge in [-0.2, -0.15) is 0 Å². The molecule has 0 aliphatic rings. The zero-order valence-corrected chi connectivity index (χ0v) is 9.27. The normalized spacial score (nSPS) is 11.4. The third kappa shape index (κ3) is 1.79. The van der Waals surface area contributed by atoms with Crippen molar-refractivity contribution in [2.24, 2.45) is 7.05 Å². The second-order valence-corrected chi connectivity index (χ2v) is 3.72. The Kier molecular flexibility index (Phi) is 2.66. The molecule has 0 atom stereocenters. The number of rotatable bonds is 2. The van der Waals surface area contributed by atoms with Crippen molar-refractivity contribution in [3.05, 3.63) is 35.1 Å². The Morgan fingerprint density at radius 3 is 2.94 bits per heavy atom. The van der Waals surface area contributed by atoms with Crippen LogP contribution in [0, 0.1) is 0 Å². The molecule has 1 aromatic carbocycles. The summed E-state index contributed by atoms with van der Waals surface area (Å²) in [6.07, 6.45) is 2.49. The monoisotopic (exact) mass is 236 g/mol. The van der Waals surface area contributed by atoms with E-state index in [4.69, 9.17) is 16.7 Å². The Labute approximate surface area is 96.8 Å². The van der Waals surface area contributed by atoms with Crippen molar-refractivity contribution in [3.8, 4) is 0 Å². The Hall–Kier alpha value is -1.81. The Bertz CT molecular complexity index is 587.